The lowest BCUT2D eigenvalue weighted by molar-refractivity contribution is -0.856. The number of ether oxygens (including phenoxy) is 1. The van der Waals surface area contributed by atoms with Gasteiger partial charge >= 0.3 is 0 Å². The van der Waals surface area contributed by atoms with E-state index in [2.05, 4.69) is 4.99 Å². The molecule has 0 saturated heterocycles. The van der Waals surface area contributed by atoms with Crippen LogP contribution < -0.4 is 15.1 Å². The quantitative estimate of drug-likeness (QED) is 0.150. The van der Waals surface area contributed by atoms with Gasteiger partial charge in [0.25, 0.3) is 0 Å². The van der Waals surface area contributed by atoms with Crippen LogP contribution in [-0.2, 0) is 16.2 Å². The topological polar surface area (TPSA) is 176 Å². The Hall–Kier alpha value is -2.94. The first kappa shape index (κ1) is 32.0. The van der Waals surface area contributed by atoms with E-state index in [-0.39, 0.29) is 17.9 Å². The van der Waals surface area contributed by atoms with Crippen LogP contribution in [0.2, 0.25) is 0 Å². The standard InChI is InChI=1S/C33H42N2O10/c1-19-12-25(37)22-13-20-14-30(32(2,21-6-4-3-5-7-21)44-27(20)15-28(22)43-19)45-42-17-29(39)33(41,31(40)26(38)16-36)18-35-11-9-23-24(35)8-10-34-23/h8-10,12-13,15,21,26,29-31,36,38-41H,3-7,11,14,16-18H2,1-2H3/p+1. The van der Waals surface area contributed by atoms with Crippen LogP contribution in [0, 0.1) is 12.8 Å². The summed E-state index contributed by atoms with van der Waals surface area (Å²) in [5, 5.41) is 54.0. The number of hydrogen-bond donors (Lipinski definition) is 6. The average Bonchev–Trinajstić information content (AvgIpc) is 3.65. The first-order chi connectivity index (χ1) is 21.5. The van der Waals surface area contributed by atoms with Crippen molar-refractivity contribution in [2.75, 3.05) is 26.3 Å². The molecule has 12 nitrogen and oxygen atoms in total. The molecule has 12 heteroatoms. The number of allylic oxidation sites excluding steroid dienone is 1. The van der Waals surface area contributed by atoms with Crippen LogP contribution in [0.15, 0.2) is 55.9 Å². The predicted octanol–water partition coefficient (Wildman–Crippen LogP) is 0.249. The lowest BCUT2D eigenvalue weighted by atomic mass is 9.72. The van der Waals surface area contributed by atoms with E-state index in [1.54, 1.807) is 31.3 Å². The van der Waals surface area contributed by atoms with E-state index < -0.39 is 48.8 Å². The van der Waals surface area contributed by atoms with Crippen LogP contribution in [0.4, 0.5) is 0 Å². The van der Waals surface area contributed by atoms with Crippen molar-refractivity contribution in [3.05, 3.63) is 63.3 Å². The molecule has 0 radical (unpaired) electrons. The molecule has 1 aliphatic carbocycles. The zero-order valence-corrected chi connectivity index (χ0v) is 25.6. The number of nitrogens with zero attached hydrogens (tertiary/aromatic N) is 1. The van der Waals surface area contributed by atoms with E-state index in [9.17, 15) is 30.3 Å². The molecule has 6 N–H and O–H groups in total. The van der Waals surface area contributed by atoms with Gasteiger partial charge in [0, 0.05) is 42.8 Å². The van der Waals surface area contributed by atoms with Crippen LogP contribution in [0.5, 0.6) is 5.75 Å². The molecule has 0 spiro atoms. The lowest BCUT2D eigenvalue weighted by Crippen LogP contribution is -3.11. The average molecular weight is 628 g/mol. The van der Waals surface area contributed by atoms with E-state index >= 15 is 0 Å². The Morgan fingerprint density at radius 3 is 2.71 bits per heavy atom. The smallest absolute Gasteiger partial charge is 0.192 e. The van der Waals surface area contributed by atoms with E-state index in [0.717, 1.165) is 54.0 Å². The molecule has 7 unspecified atom stereocenters. The molecule has 1 aromatic carbocycles. The van der Waals surface area contributed by atoms with E-state index in [1.165, 1.54) is 6.07 Å². The largest absolute Gasteiger partial charge is 0.484 e. The molecule has 0 bridgehead atoms. The van der Waals surface area contributed by atoms with E-state index in [4.69, 9.17) is 18.9 Å². The summed E-state index contributed by atoms with van der Waals surface area (Å²) < 4.78 is 12.5. The highest BCUT2D eigenvalue weighted by atomic mass is 17.2. The number of benzene rings is 1. The van der Waals surface area contributed by atoms with Gasteiger partial charge in [0.2, 0.25) is 0 Å². The fourth-order valence-corrected chi connectivity index (χ4v) is 7.29. The molecule has 1 saturated carbocycles. The number of aliphatic hydroxyl groups is 5. The first-order valence-electron chi connectivity index (χ1n) is 15.8. The summed E-state index contributed by atoms with van der Waals surface area (Å²) >= 11 is 0. The summed E-state index contributed by atoms with van der Waals surface area (Å²) in [6, 6.07) is 4.97. The number of nitrogens with one attached hydrogen (secondary N) is 1. The van der Waals surface area contributed by atoms with Gasteiger partial charge in [-0.25, -0.2) is 9.78 Å². The fraction of sp³-hybridized carbons (Fsp3) is 0.576. The van der Waals surface area contributed by atoms with Crippen LogP contribution >= 0.6 is 0 Å². The van der Waals surface area contributed by atoms with Crippen molar-refractivity contribution in [1.82, 2.24) is 0 Å². The fourth-order valence-electron chi connectivity index (χ4n) is 7.29. The molecule has 0 amide bonds. The number of quaternary nitrogens is 1. The normalized spacial score (nSPS) is 28.1. The van der Waals surface area contributed by atoms with Gasteiger partial charge in [0.05, 0.1) is 12.0 Å². The summed E-state index contributed by atoms with van der Waals surface area (Å²) in [6.07, 6.45) is 4.88. The minimum absolute atomic E-state index is 0.152. The first-order valence-corrected chi connectivity index (χ1v) is 15.8. The highest BCUT2D eigenvalue weighted by Gasteiger charge is 2.52. The third kappa shape index (κ3) is 6.01. The Kier molecular flexibility index (Phi) is 9.03. The van der Waals surface area contributed by atoms with Gasteiger partial charge in [-0.15, -0.1) is 0 Å². The third-order valence-corrected chi connectivity index (χ3v) is 10.0. The molecule has 7 atom stereocenters. The number of aliphatic hydroxyl groups excluding tert-OH is 4. The number of rotatable bonds is 11. The maximum absolute atomic E-state index is 12.7. The van der Waals surface area contributed by atoms with Crippen molar-refractivity contribution in [3.8, 4) is 5.75 Å². The molecular formula is C33H43N2O10+. The van der Waals surface area contributed by atoms with Gasteiger partial charge in [-0.1, -0.05) is 19.3 Å². The maximum Gasteiger partial charge on any atom is 0.192 e. The summed E-state index contributed by atoms with van der Waals surface area (Å²) in [6.45, 7) is 2.62. The van der Waals surface area contributed by atoms with Gasteiger partial charge in [0.15, 0.2) is 16.7 Å². The van der Waals surface area contributed by atoms with Crippen LogP contribution in [0.25, 0.3) is 11.0 Å². The molecule has 2 aromatic rings. The molecule has 1 fully saturated rings. The van der Waals surface area contributed by atoms with E-state index in [0.29, 0.717) is 35.4 Å². The summed E-state index contributed by atoms with van der Waals surface area (Å²) in [5.74, 6) is 1.28. The molecule has 244 valence electrons. The Balaban J connectivity index is 1.22. The SMILES string of the molecule is Cc1cc(=O)c2cc3c(cc2o1)OC(C)(C1CCCCC1)C(OOCC(O)C(O)(C[NH+]1CC=C2N=CC=C21)C(O)C(O)CO)C3. The minimum Gasteiger partial charge on any atom is -0.484 e. The van der Waals surface area contributed by atoms with Gasteiger partial charge in [0.1, 0.15) is 72.5 Å². The van der Waals surface area contributed by atoms with Gasteiger partial charge in [-0.2, -0.15) is 0 Å². The Labute approximate surface area is 260 Å². The molecule has 45 heavy (non-hydrogen) atoms. The Morgan fingerprint density at radius 1 is 1.18 bits per heavy atom. The lowest BCUT2D eigenvalue weighted by Gasteiger charge is -2.47. The molecule has 6 rings (SSSR count). The second-order valence-corrected chi connectivity index (χ2v) is 13.0. The van der Waals surface area contributed by atoms with Gasteiger partial charge in [-0.05, 0) is 38.3 Å². The number of fused-ring (bicyclic) bond motifs is 3. The molecule has 3 aliphatic heterocycles. The maximum atomic E-state index is 12.7. The van der Waals surface area contributed by atoms with Gasteiger partial charge < -0.3 is 34.7 Å². The van der Waals surface area contributed by atoms with Crippen molar-refractivity contribution in [3.63, 3.8) is 0 Å². The Morgan fingerprint density at radius 2 is 1.96 bits per heavy atom. The summed E-state index contributed by atoms with van der Waals surface area (Å²) in [4.78, 5) is 29.3. The van der Waals surface area contributed by atoms with Crippen LogP contribution in [0.1, 0.15) is 50.4 Å². The monoisotopic (exact) mass is 627 g/mol. The summed E-state index contributed by atoms with van der Waals surface area (Å²) in [5.41, 5.74) is -0.489. The number of hydrogen-bond acceptors (Lipinski definition) is 11. The van der Waals surface area contributed by atoms with Crippen molar-refractivity contribution in [1.29, 1.82) is 0 Å². The zero-order valence-electron chi connectivity index (χ0n) is 25.6. The number of aryl methyl sites for hydroxylation is 1. The van der Waals surface area contributed by atoms with E-state index in [1.807, 2.05) is 13.0 Å². The zero-order chi connectivity index (χ0) is 31.9. The summed E-state index contributed by atoms with van der Waals surface area (Å²) in [7, 11) is 0. The highest BCUT2D eigenvalue weighted by Crippen LogP contribution is 2.45. The van der Waals surface area contributed by atoms with Crippen LogP contribution in [0.3, 0.4) is 0 Å². The molecule has 4 heterocycles. The molecule has 1 aromatic heterocycles. The van der Waals surface area contributed by atoms with Crippen LogP contribution in [-0.4, -0.2) is 93.7 Å². The third-order valence-electron chi connectivity index (χ3n) is 10.0. The predicted molar refractivity (Wildman–Crippen MR) is 163 cm³/mol. The Bertz CT molecular complexity index is 1560. The van der Waals surface area contributed by atoms with Crippen molar-refractivity contribution >= 4 is 17.2 Å². The molecule has 4 aliphatic rings. The second kappa shape index (κ2) is 12.7. The molecular weight excluding hydrogens is 584 g/mol. The highest BCUT2D eigenvalue weighted by molar-refractivity contribution is 5.80. The second-order valence-electron chi connectivity index (χ2n) is 13.0. The van der Waals surface area contributed by atoms with Crippen molar-refractivity contribution < 1.29 is 49.4 Å². The van der Waals surface area contributed by atoms with Crippen molar-refractivity contribution in [2.24, 2.45) is 10.9 Å². The minimum atomic E-state index is -2.28. The number of aliphatic imine (C=N–C) groups is 1. The van der Waals surface area contributed by atoms with Crippen molar-refractivity contribution in [2.45, 2.75) is 88.0 Å². The van der Waals surface area contributed by atoms with Gasteiger partial charge in [-0.3, -0.25) is 14.7 Å².